The summed E-state index contributed by atoms with van der Waals surface area (Å²) in [5, 5.41) is 22.3. The number of benzene rings is 3. The summed E-state index contributed by atoms with van der Waals surface area (Å²) in [7, 11) is 4.88. The van der Waals surface area contributed by atoms with Gasteiger partial charge in [-0.25, -0.2) is 35.4 Å². The molecule has 0 saturated heterocycles. The molecule has 6 heterocycles. The Hall–Kier alpha value is -6.31. The van der Waals surface area contributed by atoms with Crippen molar-refractivity contribution in [1.29, 1.82) is 0 Å². The van der Waals surface area contributed by atoms with Crippen LogP contribution in [0.15, 0.2) is 69.6 Å². The van der Waals surface area contributed by atoms with Crippen molar-refractivity contribution in [2.45, 2.75) is 50.7 Å². The summed E-state index contributed by atoms with van der Waals surface area (Å²) in [5.74, 6) is 2.89. The Morgan fingerprint density at radius 2 is 0.986 bits per heavy atom. The largest absolute Gasteiger partial charge is 0.542 e. The van der Waals surface area contributed by atoms with E-state index < -0.39 is 47.8 Å². The quantitative estimate of drug-likeness (QED) is 0.122. The molecule has 0 bridgehead atoms. The van der Waals surface area contributed by atoms with E-state index in [4.69, 9.17) is 34.0 Å². The first-order chi connectivity index (χ1) is 34.6. The number of hydrogen-bond donors (Lipinski definition) is 5. The van der Waals surface area contributed by atoms with E-state index in [1.54, 1.807) is 65.2 Å². The first kappa shape index (κ1) is 56.0. The highest BCUT2D eigenvalue weighted by Crippen LogP contribution is 2.34. The number of aromatic nitrogens is 3. The standard InChI is InChI=1S/C17H20N4O4S2.C12H12N4O2S2.C12H10N2O3S2.C2HF3O2/c1-17(2,3)25-16(23)21-20-13(22)11-8-26-14(19-11)15-18-10-6-5-9(24-4)7-12(10)27-15;1-18-6-2-3-7-9(4-6)20-12(14-7)11-15-8(5-19-11)10(17)16-13;1-17-6-2-3-7-9(4-6)19-11(13-7)10-14-8(5-18-10)12(15)16;3-2(4,5)1(6)7/h5-7,11H,8H2,1-4H3,(H,20,22)(H,21,23);2-4,8H,5,13H2,1H3,(H,16,17);2-4,8H,5H2,1H3,(H,15,16);(H,6,7)/t11-;2*8-;/m111./s1. The zero-order valence-corrected chi connectivity index (χ0v) is 44.0. The number of carboxylic acids is 2. The van der Waals surface area contributed by atoms with Crippen molar-refractivity contribution >= 4 is 145 Å². The number of amides is 3. The number of aliphatic imine (C=N–C) groups is 3. The second kappa shape index (κ2) is 24.6. The van der Waals surface area contributed by atoms with Crippen LogP contribution in [-0.2, 0) is 23.9 Å². The Morgan fingerprint density at radius 1 is 0.630 bits per heavy atom. The Bertz CT molecular complexity index is 3120. The molecule has 3 aliphatic rings. The Balaban J connectivity index is 0.000000170. The summed E-state index contributed by atoms with van der Waals surface area (Å²) in [4.78, 5) is 81.7. The molecule has 73 heavy (non-hydrogen) atoms. The summed E-state index contributed by atoms with van der Waals surface area (Å²) in [5.41, 5.74) is 8.97. The molecular formula is C43H43F3N10O11S6. The first-order valence-corrected chi connectivity index (χ1v) is 26.3. The Labute approximate surface area is 437 Å². The summed E-state index contributed by atoms with van der Waals surface area (Å²) in [6, 6.07) is 15.5. The van der Waals surface area contributed by atoms with Crippen molar-refractivity contribution < 1.29 is 72.1 Å². The fraction of sp³-hybridized carbons (Fsp3) is 0.326. The van der Waals surface area contributed by atoms with Crippen molar-refractivity contribution in [3.8, 4) is 17.2 Å². The minimum absolute atomic E-state index is 0.157. The zero-order chi connectivity index (χ0) is 53.2. The number of nitrogens with one attached hydrogen (secondary N) is 3. The van der Waals surface area contributed by atoms with Crippen LogP contribution in [0.1, 0.15) is 35.8 Å². The number of thiazole rings is 3. The molecule has 3 aromatic heterocycles. The highest BCUT2D eigenvalue weighted by atomic mass is 32.2. The molecule has 7 N–H and O–H groups in total. The number of carboxylic acid groups (broad SMARTS) is 2. The van der Waals surface area contributed by atoms with Gasteiger partial charge in [-0.05, 0) is 75.4 Å². The second-order valence-electron chi connectivity index (χ2n) is 15.6. The van der Waals surface area contributed by atoms with E-state index >= 15 is 0 Å². The van der Waals surface area contributed by atoms with Gasteiger partial charge in [-0.15, -0.1) is 69.3 Å². The summed E-state index contributed by atoms with van der Waals surface area (Å²) in [6.07, 6.45) is -5.91. The van der Waals surface area contributed by atoms with Gasteiger partial charge in [-0.3, -0.25) is 35.8 Å². The van der Waals surface area contributed by atoms with Crippen molar-refractivity contribution in [3.05, 3.63) is 69.6 Å². The minimum Gasteiger partial charge on any atom is -0.542 e. The highest BCUT2D eigenvalue weighted by Gasteiger charge is 2.31. The van der Waals surface area contributed by atoms with E-state index in [1.807, 2.05) is 54.6 Å². The maximum Gasteiger partial charge on any atom is 0.430 e. The van der Waals surface area contributed by atoms with Gasteiger partial charge >= 0.3 is 18.2 Å². The number of quaternary nitrogens is 1. The van der Waals surface area contributed by atoms with Crippen LogP contribution in [0.2, 0.25) is 0 Å². The highest BCUT2D eigenvalue weighted by molar-refractivity contribution is 8.15. The number of carbonyl (C=O) groups excluding carboxylic acids is 4. The van der Waals surface area contributed by atoms with Gasteiger partial charge in [0.05, 0.1) is 52.0 Å². The monoisotopic (exact) mass is 1120 g/mol. The van der Waals surface area contributed by atoms with Gasteiger partial charge in [0, 0.05) is 17.3 Å². The maximum absolute atomic E-state index is 12.2. The molecular weight excluding hydrogens is 1080 g/mol. The van der Waals surface area contributed by atoms with E-state index in [0.29, 0.717) is 27.3 Å². The molecule has 9 rings (SSSR count). The molecule has 30 heteroatoms. The van der Waals surface area contributed by atoms with E-state index in [1.165, 1.54) is 46.2 Å². The number of alkyl halides is 3. The third kappa shape index (κ3) is 15.4. The Kier molecular flexibility index (Phi) is 18.9. The van der Waals surface area contributed by atoms with Gasteiger partial charge in [0.15, 0.2) is 6.04 Å². The predicted molar refractivity (Wildman–Crippen MR) is 274 cm³/mol. The number of methoxy groups -OCH3 is 3. The third-order valence-corrected chi connectivity index (χ3v) is 15.9. The van der Waals surface area contributed by atoms with Crippen molar-refractivity contribution in [3.63, 3.8) is 0 Å². The summed E-state index contributed by atoms with van der Waals surface area (Å²) >= 11 is 9.01. The van der Waals surface area contributed by atoms with Gasteiger partial charge < -0.3 is 34.0 Å². The molecule has 0 radical (unpaired) electrons. The molecule has 6 aromatic rings. The van der Waals surface area contributed by atoms with Gasteiger partial charge in [0.25, 0.3) is 11.8 Å². The molecule has 3 aromatic carbocycles. The molecule has 3 aliphatic heterocycles. The van der Waals surface area contributed by atoms with Crippen LogP contribution in [-0.4, -0.2) is 134 Å². The zero-order valence-electron chi connectivity index (χ0n) is 39.1. The number of fused-ring (bicyclic) bond motifs is 3. The van der Waals surface area contributed by atoms with Crippen molar-refractivity contribution in [1.82, 2.24) is 31.2 Å². The van der Waals surface area contributed by atoms with Gasteiger partial charge in [-0.2, -0.15) is 13.2 Å². The summed E-state index contributed by atoms with van der Waals surface area (Å²) < 4.78 is 55.3. The SMILES string of the molecule is COc1ccc2nc(C3=N[C@@H](C(=O)NNC(=O)OC(C)(C)C)CS3)sc2c1.COc1ccc2nc(C3=N[C@@H](C(=O)N[NH3+])CS3)sc2c1.COc1ccc2nc(C3=N[C@@H](C(=O)O)CS3)sc2c1.O=C([O-])C(F)(F)F. The van der Waals surface area contributed by atoms with Gasteiger partial charge in [-0.1, -0.05) is 0 Å². The fourth-order valence-electron chi connectivity index (χ4n) is 5.86. The van der Waals surface area contributed by atoms with E-state index in [9.17, 15) is 32.3 Å². The average molecular weight is 1130 g/mol. The molecule has 3 atom stereocenters. The summed E-state index contributed by atoms with van der Waals surface area (Å²) in [6.45, 7) is 5.23. The van der Waals surface area contributed by atoms with Crippen LogP contribution in [0.25, 0.3) is 30.6 Å². The molecule has 3 amide bonds. The number of carbonyl (C=O) groups is 5. The molecule has 0 spiro atoms. The van der Waals surface area contributed by atoms with Crippen molar-refractivity contribution in [2.75, 3.05) is 38.6 Å². The topological polar surface area (TPSA) is 305 Å². The van der Waals surface area contributed by atoms with E-state index in [0.717, 1.165) is 68.0 Å². The number of hydrogen-bond acceptors (Lipinski definition) is 22. The third-order valence-electron chi connectivity index (χ3n) is 9.27. The fourth-order valence-corrected chi connectivity index (χ4v) is 12.1. The molecule has 0 aliphatic carbocycles. The number of rotatable bonds is 9. The van der Waals surface area contributed by atoms with Crippen LogP contribution in [0.4, 0.5) is 18.0 Å². The minimum atomic E-state index is -5.19. The van der Waals surface area contributed by atoms with Gasteiger partial charge in [0.1, 0.15) is 71.1 Å². The normalized spacial score (nSPS) is 17.1. The number of hydrazine groups is 1. The molecule has 0 fully saturated rings. The van der Waals surface area contributed by atoms with Crippen LogP contribution in [0.3, 0.4) is 0 Å². The smallest absolute Gasteiger partial charge is 0.430 e. The van der Waals surface area contributed by atoms with Crippen LogP contribution >= 0.6 is 69.3 Å². The van der Waals surface area contributed by atoms with Crippen molar-refractivity contribution in [2.24, 2.45) is 15.0 Å². The lowest BCUT2D eigenvalue weighted by Crippen LogP contribution is -2.69. The number of aliphatic carboxylic acids is 2. The lowest BCUT2D eigenvalue weighted by Gasteiger charge is -2.20. The Morgan fingerprint density at radius 3 is 1.30 bits per heavy atom. The maximum atomic E-state index is 12.2. The number of thioether (sulfide) groups is 3. The molecule has 0 unspecified atom stereocenters. The molecule has 0 saturated carbocycles. The predicted octanol–water partition coefficient (Wildman–Crippen LogP) is 4.71. The van der Waals surface area contributed by atoms with Crippen LogP contribution < -0.4 is 41.4 Å². The van der Waals surface area contributed by atoms with Gasteiger partial charge in [0.2, 0.25) is 0 Å². The first-order valence-electron chi connectivity index (χ1n) is 20.9. The average Bonchev–Trinajstić information content (AvgIpc) is 4.22. The molecule has 21 nitrogen and oxygen atoms in total. The lowest BCUT2D eigenvalue weighted by atomic mass is 10.2. The van der Waals surface area contributed by atoms with E-state index in [-0.39, 0.29) is 11.9 Å². The number of nitrogens with zero attached hydrogens (tertiary/aromatic N) is 6. The second-order valence-corrected chi connectivity index (χ2v) is 21.7. The number of ether oxygens (including phenoxy) is 4. The van der Waals surface area contributed by atoms with Crippen LogP contribution in [0, 0.1) is 0 Å². The van der Waals surface area contributed by atoms with Crippen LogP contribution in [0.5, 0.6) is 17.2 Å². The van der Waals surface area contributed by atoms with E-state index in [2.05, 4.69) is 52.0 Å². The lowest BCUT2D eigenvalue weighted by molar-refractivity contribution is -0.427. The molecule has 388 valence electrons. The number of halogens is 3.